The van der Waals surface area contributed by atoms with Gasteiger partial charge in [0.2, 0.25) is 5.91 Å². The molecule has 2 rings (SSSR count). The van der Waals surface area contributed by atoms with Gasteiger partial charge in [-0.25, -0.2) is 8.78 Å². The SMILES string of the molecule is CC1CCCN(C(=O)CCNc2ccc(F)cc2F)C1. The summed E-state index contributed by atoms with van der Waals surface area (Å²) < 4.78 is 26.1. The average Bonchev–Trinajstić information content (AvgIpc) is 2.41. The maximum atomic E-state index is 13.4. The van der Waals surface area contributed by atoms with Crippen LogP contribution in [0.4, 0.5) is 14.5 Å². The van der Waals surface area contributed by atoms with Gasteiger partial charge >= 0.3 is 0 Å². The first kappa shape index (κ1) is 14.8. The summed E-state index contributed by atoms with van der Waals surface area (Å²) in [5.41, 5.74) is 0.228. The van der Waals surface area contributed by atoms with Gasteiger partial charge in [0.15, 0.2) is 0 Å². The van der Waals surface area contributed by atoms with Crippen LogP contribution in [0, 0.1) is 17.6 Å². The van der Waals surface area contributed by atoms with Crippen molar-refractivity contribution >= 4 is 11.6 Å². The third-order valence-corrected chi connectivity index (χ3v) is 3.60. The monoisotopic (exact) mass is 282 g/mol. The van der Waals surface area contributed by atoms with Crippen LogP contribution in [0.25, 0.3) is 0 Å². The molecular formula is C15H20F2N2O. The van der Waals surface area contributed by atoms with Crippen molar-refractivity contribution in [1.82, 2.24) is 4.90 Å². The molecular weight excluding hydrogens is 262 g/mol. The van der Waals surface area contributed by atoms with Gasteiger partial charge in [-0.2, -0.15) is 0 Å². The number of halogens is 2. The Morgan fingerprint density at radius 1 is 1.45 bits per heavy atom. The highest BCUT2D eigenvalue weighted by Gasteiger charge is 2.20. The molecule has 1 aliphatic heterocycles. The Bertz CT molecular complexity index is 479. The predicted octanol–water partition coefficient (Wildman–Crippen LogP) is 3.03. The second kappa shape index (κ2) is 6.68. The van der Waals surface area contributed by atoms with Crippen LogP contribution in [-0.4, -0.2) is 30.4 Å². The van der Waals surface area contributed by atoms with E-state index in [1.165, 1.54) is 18.6 Å². The van der Waals surface area contributed by atoms with Gasteiger partial charge in [0.05, 0.1) is 5.69 Å². The molecule has 0 aromatic heterocycles. The summed E-state index contributed by atoms with van der Waals surface area (Å²) in [5.74, 6) is -0.600. The Kier molecular flexibility index (Phi) is 4.93. The Morgan fingerprint density at radius 3 is 2.95 bits per heavy atom. The molecule has 1 aromatic carbocycles. The topological polar surface area (TPSA) is 32.3 Å². The molecule has 1 atom stereocenters. The first-order chi connectivity index (χ1) is 9.56. The quantitative estimate of drug-likeness (QED) is 0.920. The highest BCUT2D eigenvalue weighted by Crippen LogP contribution is 2.17. The number of carbonyl (C=O) groups is 1. The molecule has 110 valence electrons. The van der Waals surface area contributed by atoms with E-state index >= 15 is 0 Å². The van der Waals surface area contributed by atoms with E-state index in [-0.39, 0.29) is 11.6 Å². The van der Waals surface area contributed by atoms with Crippen LogP contribution in [-0.2, 0) is 4.79 Å². The van der Waals surface area contributed by atoms with Gasteiger partial charge in [0.25, 0.3) is 0 Å². The number of hydrogen-bond acceptors (Lipinski definition) is 2. The van der Waals surface area contributed by atoms with Crippen molar-refractivity contribution in [3.05, 3.63) is 29.8 Å². The van der Waals surface area contributed by atoms with Crippen LogP contribution in [0.2, 0.25) is 0 Å². The Morgan fingerprint density at radius 2 is 2.25 bits per heavy atom. The molecule has 0 saturated carbocycles. The van der Waals surface area contributed by atoms with Crippen molar-refractivity contribution in [2.24, 2.45) is 5.92 Å². The van der Waals surface area contributed by atoms with Gasteiger partial charge in [0.1, 0.15) is 11.6 Å². The van der Waals surface area contributed by atoms with Gasteiger partial charge in [-0.1, -0.05) is 6.92 Å². The third kappa shape index (κ3) is 3.92. The first-order valence-electron chi connectivity index (χ1n) is 7.03. The summed E-state index contributed by atoms with van der Waals surface area (Å²) in [6.45, 7) is 4.12. The largest absolute Gasteiger partial charge is 0.382 e. The zero-order chi connectivity index (χ0) is 14.5. The zero-order valence-corrected chi connectivity index (χ0v) is 11.7. The normalized spacial score (nSPS) is 18.9. The molecule has 1 saturated heterocycles. The van der Waals surface area contributed by atoms with Gasteiger partial charge in [-0.15, -0.1) is 0 Å². The minimum absolute atomic E-state index is 0.0894. The molecule has 1 aliphatic rings. The third-order valence-electron chi connectivity index (χ3n) is 3.60. The second-order valence-corrected chi connectivity index (χ2v) is 5.39. The van der Waals surface area contributed by atoms with Crippen LogP contribution in [0.3, 0.4) is 0 Å². The average molecular weight is 282 g/mol. The number of nitrogens with zero attached hydrogens (tertiary/aromatic N) is 1. The van der Waals surface area contributed by atoms with Crippen LogP contribution in [0.5, 0.6) is 0 Å². The molecule has 0 radical (unpaired) electrons. The lowest BCUT2D eigenvalue weighted by atomic mass is 10.00. The van der Waals surface area contributed by atoms with E-state index in [1.54, 1.807) is 0 Å². The summed E-state index contributed by atoms with van der Waals surface area (Å²) in [5, 5.41) is 2.83. The van der Waals surface area contributed by atoms with Crippen molar-refractivity contribution in [1.29, 1.82) is 0 Å². The molecule has 3 nitrogen and oxygen atoms in total. The lowest BCUT2D eigenvalue weighted by molar-refractivity contribution is -0.132. The molecule has 1 unspecified atom stereocenters. The van der Waals surface area contributed by atoms with E-state index in [4.69, 9.17) is 0 Å². The van der Waals surface area contributed by atoms with Gasteiger partial charge in [-0.3, -0.25) is 4.79 Å². The summed E-state index contributed by atoms with van der Waals surface area (Å²) in [7, 11) is 0. The van der Waals surface area contributed by atoms with Gasteiger partial charge in [0, 0.05) is 32.1 Å². The molecule has 0 aliphatic carbocycles. The number of rotatable bonds is 4. The maximum absolute atomic E-state index is 13.4. The molecule has 1 N–H and O–H groups in total. The Hall–Kier alpha value is -1.65. The van der Waals surface area contributed by atoms with Gasteiger partial charge < -0.3 is 10.2 Å². The molecule has 1 amide bonds. The van der Waals surface area contributed by atoms with E-state index in [9.17, 15) is 13.6 Å². The van der Waals surface area contributed by atoms with Crippen LogP contribution in [0.15, 0.2) is 18.2 Å². The summed E-state index contributed by atoms with van der Waals surface area (Å²) in [6.07, 6.45) is 2.54. The Balaban J connectivity index is 1.79. The maximum Gasteiger partial charge on any atom is 0.224 e. The molecule has 1 heterocycles. The minimum Gasteiger partial charge on any atom is -0.382 e. The molecule has 1 fully saturated rings. The molecule has 1 aromatic rings. The summed E-state index contributed by atoms with van der Waals surface area (Å²) >= 11 is 0. The second-order valence-electron chi connectivity index (χ2n) is 5.39. The number of benzene rings is 1. The number of hydrogen-bond donors (Lipinski definition) is 1. The van der Waals surface area contributed by atoms with Crippen molar-refractivity contribution in [2.45, 2.75) is 26.2 Å². The lowest BCUT2D eigenvalue weighted by Crippen LogP contribution is -2.39. The van der Waals surface area contributed by atoms with E-state index < -0.39 is 11.6 Å². The number of likely N-dealkylation sites (tertiary alicyclic amines) is 1. The fraction of sp³-hybridized carbons (Fsp3) is 0.533. The van der Waals surface area contributed by atoms with E-state index in [1.807, 2.05) is 4.90 Å². The van der Waals surface area contributed by atoms with Crippen molar-refractivity contribution in [3.8, 4) is 0 Å². The van der Waals surface area contributed by atoms with E-state index in [0.29, 0.717) is 18.9 Å². The van der Waals surface area contributed by atoms with E-state index in [2.05, 4.69) is 12.2 Å². The van der Waals surface area contributed by atoms with Gasteiger partial charge in [-0.05, 0) is 30.9 Å². The van der Waals surface area contributed by atoms with Crippen molar-refractivity contribution in [2.75, 3.05) is 25.0 Å². The Labute approximate surface area is 118 Å². The standard InChI is InChI=1S/C15H20F2N2O/c1-11-3-2-8-19(10-11)15(20)6-7-18-14-5-4-12(16)9-13(14)17/h4-5,9,11,18H,2-3,6-8,10H2,1H3. The highest BCUT2D eigenvalue weighted by atomic mass is 19.1. The predicted molar refractivity (Wildman–Crippen MR) is 74.4 cm³/mol. The smallest absolute Gasteiger partial charge is 0.224 e. The lowest BCUT2D eigenvalue weighted by Gasteiger charge is -2.31. The van der Waals surface area contributed by atoms with Crippen LogP contribution < -0.4 is 5.32 Å². The highest BCUT2D eigenvalue weighted by molar-refractivity contribution is 5.76. The first-order valence-corrected chi connectivity index (χ1v) is 7.03. The minimum atomic E-state index is -0.635. The van der Waals surface area contributed by atoms with Crippen LogP contribution >= 0.6 is 0 Å². The number of nitrogens with one attached hydrogen (secondary N) is 1. The number of carbonyl (C=O) groups excluding carboxylic acids is 1. The summed E-state index contributed by atoms with van der Waals surface area (Å²) in [6, 6.07) is 3.37. The van der Waals surface area contributed by atoms with Crippen molar-refractivity contribution < 1.29 is 13.6 Å². The van der Waals surface area contributed by atoms with Crippen molar-refractivity contribution in [3.63, 3.8) is 0 Å². The number of piperidine rings is 1. The number of anilines is 1. The number of amides is 1. The zero-order valence-electron chi connectivity index (χ0n) is 11.7. The fourth-order valence-electron chi connectivity index (χ4n) is 2.51. The summed E-state index contributed by atoms with van der Waals surface area (Å²) in [4.78, 5) is 13.9. The molecule has 0 spiro atoms. The fourth-order valence-corrected chi connectivity index (χ4v) is 2.51. The molecule has 0 bridgehead atoms. The van der Waals surface area contributed by atoms with Crippen LogP contribution in [0.1, 0.15) is 26.2 Å². The molecule has 20 heavy (non-hydrogen) atoms. The molecule has 5 heteroatoms. The van der Waals surface area contributed by atoms with E-state index in [0.717, 1.165) is 25.6 Å².